The number of benzene rings is 2. The highest BCUT2D eigenvalue weighted by atomic mass is 16.5. The molecule has 3 rings (SSSR count). The normalized spacial score (nSPS) is 14.0. The van der Waals surface area contributed by atoms with Gasteiger partial charge in [-0.15, -0.1) is 0 Å². The summed E-state index contributed by atoms with van der Waals surface area (Å²) in [5, 5.41) is 2.91. The van der Waals surface area contributed by atoms with Crippen LogP contribution in [0.15, 0.2) is 48.5 Å². The third-order valence-electron chi connectivity index (χ3n) is 4.45. The van der Waals surface area contributed by atoms with Crippen molar-refractivity contribution in [2.24, 2.45) is 0 Å². The summed E-state index contributed by atoms with van der Waals surface area (Å²) in [6.07, 6.45) is 1.51. The summed E-state index contributed by atoms with van der Waals surface area (Å²) >= 11 is 0. The Morgan fingerprint density at radius 2 is 1.88 bits per heavy atom. The number of amides is 2. The lowest BCUT2D eigenvalue weighted by atomic mass is 10.0. The van der Waals surface area contributed by atoms with Gasteiger partial charge in [0.15, 0.2) is 6.61 Å². The van der Waals surface area contributed by atoms with Crippen molar-refractivity contribution in [2.75, 3.05) is 23.4 Å². The lowest BCUT2D eigenvalue weighted by Crippen LogP contribution is -2.23. The van der Waals surface area contributed by atoms with Crippen LogP contribution >= 0.6 is 0 Å². The predicted molar refractivity (Wildman–Crippen MR) is 103 cm³/mol. The number of rotatable bonds is 6. The highest BCUT2D eigenvalue weighted by Gasteiger charge is 2.21. The molecule has 0 spiro atoms. The van der Waals surface area contributed by atoms with Crippen LogP contribution in [0.1, 0.15) is 38.2 Å². The van der Waals surface area contributed by atoms with Gasteiger partial charge in [-0.1, -0.05) is 32.0 Å². The summed E-state index contributed by atoms with van der Waals surface area (Å²) in [7, 11) is 0. The van der Waals surface area contributed by atoms with E-state index in [1.54, 1.807) is 17.0 Å². The van der Waals surface area contributed by atoms with Crippen molar-refractivity contribution in [3.05, 3.63) is 54.1 Å². The van der Waals surface area contributed by atoms with Gasteiger partial charge in [-0.05, 0) is 48.2 Å². The molecule has 1 saturated heterocycles. The Kier molecular flexibility index (Phi) is 5.56. The summed E-state index contributed by atoms with van der Waals surface area (Å²) in [5.74, 6) is 0.889. The first kappa shape index (κ1) is 18.0. The molecular formula is C21H24N2O3. The highest BCUT2D eigenvalue weighted by molar-refractivity contribution is 5.95. The van der Waals surface area contributed by atoms with Gasteiger partial charge in [0.1, 0.15) is 5.75 Å². The second-order valence-corrected chi connectivity index (χ2v) is 6.72. The van der Waals surface area contributed by atoms with Gasteiger partial charge < -0.3 is 15.0 Å². The number of hydrogen-bond donors (Lipinski definition) is 1. The summed E-state index contributed by atoms with van der Waals surface area (Å²) in [6, 6.07) is 15.1. The molecule has 0 unspecified atom stereocenters. The minimum absolute atomic E-state index is 0.0611. The molecule has 1 heterocycles. The quantitative estimate of drug-likeness (QED) is 0.856. The van der Waals surface area contributed by atoms with E-state index in [1.165, 1.54) is 0 Å². The van der Waals surface area contributed by atoms with E-state index in [1.807, 2.05) is 36.4 Å². The zero-order valence-corrected chi connectivity index (χ0v) is 15.2. The molecule has 0 aliphatic carbocycles. The second-order valence-electron chi connectivity index (χ2n) is 6.72. The molecule has 5 nitrogen and oxygen atoms in total. The molecule has 5 heteroatoms. The Morgan fingerprint density at radius 3 is 2.54 bits per heavy atom. The van der Waals surface area contributed by atoms with Crippen molar-refractivity contribution < 1.29 is 14.3 Å². The molecule has 1 aliphatic rings. The number of nitrogens with zero attached hydrogens (tertiary/aromatic N) is 1. The van der Waals surface area contributed by atoms with Crippen LogP contribution in [0.2, 0.25) is 0 Å². The summed E-state index contributed by atoms with van der Waals surface area (Å²) in [4.78, 5) is 25.7. The second kappa shape index (κ2) is 8.04. The van der Waals surface area contributed by atoms with Crippen LogP contribution in [0.3, 0.4) is 0 Å². The SMILES string of the molecule is CC(C)c1ccccc1NC(=O)COc1ccc(N2CCCC2=O)cc1. The fourth-order valence-electron chi connectivity index (χ4n) is 3.09. The van der Waals surface area contributed by atoms with E-state index >= 15 is 0 Å². The van der Waals surface area contributed by atoms with Crippen LogP contribution in [0.4, 0.5) is 11.4 Å². The first-order chi connectivity index (χ1) is 12.5. The number of anilines is 2. The molecule has 1 fully saturated rings. The summed E-state index contributed by atoms with van der Waals surface area (Å²) in [5.41, 5.74) is 2.79. The Labute approximate surface area is 154 Å². The maximum Gasteiger partial charge on any atom is 0.262 e. The van der Waals surface area contributed by atoms with Gasteiger partial charge in [0.05, 0.1) is 0 Å². The van der Waals surface area contributed by atoms with Crippen LogP contribution in [-0.4, -0.2) is 25.0 Å². The van der Waals surface area contributed by atoms with E-state index in [0.717, 1.165) is 29.9 Å². The standard InChI is InChI=1S/C21H24N2O3/c1-15(2)18-6-3-4-7-19(18)22-20(24)14-26-17-11-9-16(10-12-17)23-13-5-8-21(23)25/h3-4,6-7,9-12,15H,5,8,13-14H2,1-2H3,(H,22,24). The summed E-state index contributed by atoms with van der Waals surface area (Å²) in [6.45, 7) is 4.88. The zero-order chi connectivity index (χ0) is 18.5. The number of carbonyl (C=O) groups excluding carboxylic acids is 2. The maximum atomic E-state index is 12.2. The van der Waals surface area contributed by atoms with Crippen LogP contribution < -0.4 is 15.0 Å². The predicted octanol–water partition coefficient (Wildman–Crippen LogP) is 3.95. The number of ether oxygens (including phenoxy) is 1. The van der Waals surface area contributed by atoms with Crippen molar-refractivity contribution in [1.82, 2.24) is 0 Å². The van der Waals surface area contributed by atoms with Gasteiger partial charge >= 0.3 is 0 Å². The van der Waals surface area contributed by atoms with Crippen molar-refractivity contribution >= 4 is 23.2 Å². The van der Waals surface area contributed by atoms with Crippen molar-refractivity contribution in [1.29, 1.82) is 0 Å². The maximum absolute atomic E-state index is 12.2. The van der Waals surface area contributed by atoms with E-state index in [9.17, 15) is 9.59 Å². The molecule has 26 heavy (non-hydrogen) atoms. The van der Waals surface area contributed by atoms with Crippen molar-refractivity contribution in [2.45, 2.75) is 32.6 Å². The Morgan fingerprint density at radius 1 is 1.15 bits per heavy atom. The van der Waals surface area contributed by atoms with E-state index in [0.29, 0.717) is 18.1 Å². The van der Waals surface area contributed by atoms with Crippen LogP contribution in [-0.2, 0) is 9.59 Å². The molecule has 2 amide bonds. The molecule has 0 atom stereocenters. The number of nitrogens with one attached hydrogen (secondary N) is 1. The van der Waals surface area contributed by atoms with Gasteiger partial charge in [-0.2, -0.15) is 0 Å². The van der Waals surface area contributed by atoms with Crippen molar-refractivity contribution in [3.8, 4) is 5.75 Å². The largest absolute Gasteiger partial charge is 0.484 e. The first-order valence-electron chi connectivity index (χ1n) is 8.96. The number of para-hydroxylation sites is 1. The average molecular weight is 352 g/mol. The number of hydrogen-bond acceptors (Lipinski definition) is 3. The number of carbonyl (C=O) groups is 2. The molecule has 0 aromatic heterocycles. The molecule has 0 radical (unpaired) electrons. The minimum atomic E-state index is -0.197. The molecule has 0 saturated carbocycles. The molecular weight excluding hydrogens is 328 g/mol. The minimum Gasteiger partial charge on any atom is -0.484 e. The van der Waals surface area contributed by atoms with Crippen LogP contribution in [0.5, 0.6) is 5.75 Å². The van der Waals surface area contributed by atoms with Gasteiger partial charge in [0, 0.05) is 24.3 Å². The van der Waals surface area contributed by atoms with E-state index < -0.39 is 0 Å². The molecule has 1 aliphatic heterocycles. The van der Waals surface area contributed by atoms with E-state index in [4.69, 9.17) is 4.74 Å². The topological polar surface area (TPSA) is 58.6 Å². The third-order valence-corrected chi connectivity index (χ3v) is 4.45. The Hall–Kier alpha value is -2.82. The molecule has 2 aromatic rings. The zero-order valence-electron chi connectivity index (χ0n) is 15.2. The Balaban J connectivity index is 1.56. The smallest absolute Gasteiger partial charge is 0.262 e. The first-order valence-corrected chi connectivity index (χ1v) is 8.96. The molecule has 1 N–H and O–H groups in total. The fraction of sp³-hybridized carbons (Fsp3) is 0.333. The average Bonchev–Trinajstić information content (AvgIpc) is 3.07. The molecule has 2 aromatic carbocycles. The lowest BCUT2D eigenvalue weighted by molar-refractivity contribution is -0.118. The van der Waals surface area contributed by atoms with Gasteiger partial charge in [-0.3, -0.25) is 9.59 Å². The summed E-state index contributed by atoms with van der Waals surface area (Å²) < 4.78 is 5.57. The van der Waals surface area contributed by atoms with E-state index in [-0.39, 0.29) is 18.4 Å². The van der Waals surface area contributed by atoms with Crippen LogP contribution in [0, 0.1) is 0 Å². The van der Waals surface area contributed by atoms with E-state index in [2.05, 4.69) is 19.2 Å². The molecule has 136 valence electrons. The third kappa shape index (κ3) is 4.23. The van der Waals surface area contributed by atoms with Crippen molar-refractivity contribution in [3.63, 3.8) is 0 Å². The molecule has 0 bridgehead atoms. The lowest BCUT2D eigenvalue weighted by Gasteiger charge is -2.16. The van der Waals surface area contributed by atoms with Gasteiger partial charge in [0.2, 0.25) is 5.91 Å². The van der Waals surface area contributed by atoms with Crippen LogP contribution in [0.25, 0.3) is 0 Å². The Bertz CT molecular complexity index is 784. The monoisotopic (exact) mass is 352 g/mol. The van der Waals surface area contributed by atoms with Gasteiger partial charge in [-0.25, -0.2) is 0 Å². The highest BCUT2D eigenvalue weighted by Crippen LogP contribution is 2.25. The van der Waals surface area contributed by atoms with Gasteiger partial charge in [0.25, 0.3) is 5.91 Å². The fourth-order valence-corrected chi connectivity index (χ4v) is 3.09.